The lowest BCUT2D eigenvalue weighted by molar-refractivity contribution is -0.506. The Kier molecular flexibility index (Phi) is 7.22. The first-order valence-corrected chi connectivity index (χ1v) is 10.4. The Hall–Kier alpha value is -2.49. The number of aliphatic hydroxyl groups is 1. The van der Waals surface area contributed by atoms with Gasteiger partial charge < -0.3 is 10.0 Å². The summed E-state index contributed by atoms with van der Waals surface area (Å²) in [5, 5.41) is 21.9. The van der Waals surface area contributed by atoms with Crippen molar-refractivity contribution in [3.05, 3.63) is 80.4 Å². The molecule has 1 unspecified atom stereocenters. The number of nitro groups is 1. The zero-order chi connectivity index (χ0) is 23.5. The number of carbonyl (C=O) groups is 1. The minimum Gasteiger partial charge on any atom is -0.385 e. The number of halogens is 4. The highest BCUT2D eigenvalue weighted by Crippen LogP contribution is 2.40. The van der Waals surface area contributed by atoms with Gasteiger partial charge in [0.05, 0.1) is 16.2 Å². The van der Waals surface area contributed by atoms with E-state index in [4.69, 9.17) is 11.6 Å². The largest absolute Gasteiger partial charge is 0.417 e. The summed E-state index contributed by atoms with van der Waals surface area (Å²) in [6, 6.07) is 10.0. The molecule has 3 rings (SSSR count). The Labute approximate surface area is 187 Å². The number of alkyl halides is 3. The highest BCUT2D eigenvalue weighted by molar-refractivity contribution is 6.31. The molecular formula is C22H22ClF3N2O4. The molecule has 1 aliphatic rings. The van der Waals surface area contributed by atoms with Crippen LogP contribution in [0.3, 0.4) is 0 Å². The smallest absolute Gasteiger partial charge is 0.385 e. The molecule has 10 heteroatoms. The minimum atomic E-state index is -4.63. The average Bonchev–Trinajstić information content (AvgIpc) is 2.75. The zero-order valence-electron chi connectivity index (χ0n) is 17.0. The number of carbonyl (C=O) groups excluding carboxylic acids is 1. The second kappa shape index (κ2) is 9.56. The number of ketones is 1. The van der Waals surface area contributed by atoms with E-state index in [-0.39, 0.29) is 36.9 Å². The molecule has 1 fully saturated rings. The Balaban J connectivity index is 1.63. The molecule has 0 aliphatic carbocycles. The van der Waals surface area contributed by atoms with Crippen molar-refractivity contribution in [2.75, 3.05) is 19.6 Å². The molecule has 0 bridgehead atoms. The van der Waals surface area contributed by atoms with Gasteiger partial charge in [0.25, 0.3) is 6.04 Å². The molecule has 6 nitrogen and oxygen atoms in total. The van der Waals surface area contributed by atoms with E-state index in [0.717, 1.165) is 12.1 Å². The topological polar surface area (TPSA) is 83.7 Å². The molecule has 1 N–H and O–H groups in total. The summed E-state index contributed by atoms with van der Waals surface area (Å²) in [6.45, 7) is 0.906. The van der Waals surface area contributed by atoms with Crippen LogP contribution in [0, 0.1) is 10.1 Å². The van der Waals surface area contributed by atoms with Crippen LogP contribution in [0.4, 0.5) is 13.2 Å². The third kappa shape index (κ3) is 5.46. The maximum Gasteiger partial charge on any atom is 0.417 e. The molecule has 0 amide bonds. The van der Waals surface area contributed by atoms with Gasteiger partial charge in [0.15, 0.2) is 0 Å². The fourth-order valence-electron chi connectivity index (χ4n) is 3.90. The lowest BCUT2D eigenvalue weighted by atomic mass is 9.83. The van der Waals surface area contributed by atoms with Crippen LogP contribution in [0.1, 0.15) is 40.7 Å². The summed E-state index contributed by atoms with van der Waals surface area (Å²) < 4.78 is 39.5. The van der Waals surface area contributed by atoms with Crippen molar-refractivity contribution in [1.82, 2.24) is 4.90 Å². The van der Waals surface area contributed by atoms with E-state index in [0.29, 0.717) is 13.1 Å². The second-order valence-electron chi connectivity index (χ2n) is 7.89. The summed E-state index contributed by atoms with van der Waals surface area (Å²) in [6.07, 6.45) is -4.32. The normalized spacial score (nSPS) is 17.7. The van der Waals surface area contributed by atoms with Crippen LogP contribution in [-0.2, 0) is 11.8 Å². The molecule has 0 spiro atoms. The second-order valence-corrected chi connectivity index (χ2v) is 8.29. The Morgan fingerprint density at radius 2 is 1.81 bits per heavy atom. The molecule has 1 saturated heterocycles. The maximum atomic E-state index is 13.2. The molecule has 2 aromatic rings. The van der Waals surface area contributed by atoms with Gasteiger partial charge in [0, 0.05) is 36.5 Å². The molecule has 0 aromatic heterocycles. The van der Waals surface area contributed by atoms with Crippen molar-refractivity contribution in [3.63, 3.8) is 0 Å². The Morgan fingerprint density at radius 1 is 1.19 bits per heavy atom. The van der Waals surface area contributed by atoms with Crippen molar-refractivity contribution in [2.45, 2.75) is 37.1 Å². The summed E-state index contributed by atoms with van der Waals surface area (Å²) in [5.74, 6) is -0.565. The fourth-order valence-corrected chi connectivity index (χ4v) is 4.12. The van der Waals surface area contributed by atoms with Gasteiger partial charge in [0.1, 0.15) is 0 Å². The van der Waals surface area contributed by atoms with E-state index < -0.39 is 39.1 Å². The van der Waals surface area contributed by atoms with Crippen LogP contribution < -0.4 is 0 Å². The van der Waals surface area contributed by atoms with Crippen molar-refractivity contribution < 1.29 is 28.0 Å². The number of likely N-dealkylation sites (tertiary alicyclic amines) is 1. The van der Waals surface area contributed by atoms with Gasteiger partial charge in [-0.05, 0) is 30.5 Å². The van der Waals surface area contributed by atoms with Crippen molar-refractivity contribution >= 4 is 17.4 Å². The highest BCUT2D eigenvalue weighted by Gasteiger charge is 2.39. The van der Waals surface area contributed by atoms with Gasteiger partial charge in [-0.25, -0.2) is 0 Å². The van der Waals surface area contributed by atoms with Crippen LogP contribution in [0.5, 0.6) is 0 Å². The number of piperidine rings is 1. The van der Waals surface area contributed by atoms with E-state index in [2.05, 4.69) is 0 Å². The number of hydrogen-bond acceptors (Lipinski definition) is 5. The summed E-state index contributed by atoms with van der Waals surface area (Å²) in [4.78, 5) is 25.2. The Morgan fingerprint density at radius 3 is 2.38 bits per heavy atom. The van der Waals surface area contributed by atoms with Crippen LogP contribution in [0.2, 0.25) is 5.02 Å². The molecule has 1 aliphatic heterocycles. The van der Waals surface area contributed by atoms with Crippen LogP contribution in [0.25, 0.3) is 0 Å². The van der Waals surface area contributed by atoms with Crippen LogP contribution in [0.15, 0.2) is 48.5 Å². The predicted octanol–water partition coefficient (Wildman–Crippen LogP) is 4.56. The van der Waals surface area contributed by atoms with E-state index in [1.54, 1.807) is 18.2 Å². The van der Waals surface area contributed by atoms with Crippen molar-refractivity contribution in [1.29, 1.82) is 0 Å². The average molecular weight is 471 g/mol. The third-order valence-electron chi connectivity index (χ3n) is 5.83. The standard InChI is InChI=1S/C22H22ClF3N2O4/c23-18-7-6-16(14-17(18)22(24,25)26)21(30)9-12-27(13-10-21)11-8-19(28(31)32)20(29)15-4-2-1-3-5-15/h1-7,14,19,30H,8-13H2. The molecule has 0 radical (unpaired) electrons. The minimum absolute atomic E-state index is 0.00166. The molecule has 1 atom stereocenters. The molecular weight excluding hydrogens is 449 g/mol. The summed E-state index contributed by atoms with van der Waals surface area (Å²) in [7, 11) is 0. The number of Topliss-reactive ketones (excluding diaryl/α,β-unsaturated/α-hetero) is 1. The lowest BCUT2D eigenvalue weighted by Gasteiger charge is -2.38. The van der Waals surface area contributed by atoms with Crippen molar-refractivity contribution in [3.8, 4) is 0 Å². The van der Waals surface area contributed by atoms with Crippen LogP contribution >= 0.6 is 11.6 Å². The fraction of sp³-hybridized carbons (Fsp3) is 0.409. The number of hydrogen-bond donors (Lipinski definition) is 1. The molecule has 1 heterocycles. The van der Waals surface area contributed by atoms with E-state index in [9.17, 15) is 33.2 Å². The number of rotatable bonds is 7. The first-order valence-electron chi connectivity index (χ1n) is 10.1. The van der Waals surface area contributed by atoms with E-state index in [1.165, 1.54) is 18.2 Å². The van der Waals surface area contributed by atoms with Crippen LogP contribution in [-0.4, -0.2) is 46.4 Å². The van der Waals surface area contributed by atoms with E-state index >= 15 is 0 Å². The first-order chi connectivity index (χ1) is 15.0. The van der Waals surface area contributed by atoms with Crippen molar-refractivity contribution in [2.24, 2.45) is 0 Å². The lowest BCUT2D eigenvalue weighted by Crippen LogP contribution is -2.44. The monoisotopic (exact) mass is 470 g/mol. The maximum absolute atomic E-state index is 13.2. The molecule has 2 aromatic carbocycles. The third-order valence-corrected chi connectivity index (χ3v) is 6.16. The molecule has 0 saturated carbocycles. The highest BCUT2D eigenvalue weighted by atomic mass is 35.5. The van der Waals surface area contributed by atoms with Gasteiger partial charge in [-0.3, -0.25) is 14.9 Å². The van der Waals surface area contributed by atoms with Gasteiger partial charge in [0.2, 0.25) is 5.78 Å². The van der Waals surface area contributed by atoms with E-state index in [1.807, 2.05) is 4.90 Å². The Bertz CT molecular complexity index is 977. The molecule has 172 valence electrons. The number of nitrogens with zero attached hydrogens (tertiary/aromatic N) is 2. The quantitative estimate of drug-likeness (QED) is 0.364. The van der Waals surface area contributed by atoms with Gasteiger partial charge >= 0.3 is 6.18 Å². The zero-order valence-corrected chi connectivity index (χ0v) is 17.8. The van der Waals surface area contributed by atoms with Gasteiger partial charge in [-0.1, -0.05) is 48.0 Å². The summed E-state index contributed by atoms with van der Waals surface area (Å²) in [5.41, 5.74) is -2.05. The summed E-state index contributed by atoms with van der Waals surface area (Å²) >= 11 is 5.66. The predicted molar refractivity (Wildman–Crippen MR) is 112 cm³/mol. The molecule has 32 heavy (non-hydrogen) atoms. The number of benzene rings is 2. The SMILES string of the molecule is O=C(c1ccccc1)C(CCN1CCC(O)(c2ccc(Cl)c(C(F)(F)F)c2)CC1)[N+](=O)[O-]. The van der Waals surface area contributed by atoms with Gasteiger partial charge in [-0.15, -0.1) is 0 Å². The van der Waals surface area contributed by atoms with Gasteiger partial charge in [-0.2, -0.15) is 13.2 Å². The first kappa shape index (κ1) is 24.2.